The SMILES string of the molecule is CN[C@@H](CC(C)C)C(=O)O.CN[C@H](C)C(=O)O. The van der Waals surface area contributed by atoms with Crippen LogP contribution in [-0.4, -0.2) is 48.3 Å². The van der Waals surface area contributed by atoms with Crippen molar-refractivity contribution < 1.29 is 19.8 Å². The largest absolute Gasteiger partial charge is 0.480 e. The van der Waals surface area contributed by atoms with E-state index in [2.05, 4.69) is 10.6 Å². The second-order valence-electron chi connectivity index (χ2n) is 4.16. The summed E-state index contributed by atoms with van der Waals surface area (Å²) >= 11 is 0. The molecule has 0 saturated heterocycles. The Morgan fingerprint density at radius 2 is 1.47 bits per heavy atom. The molecular weight excluding hydrogens is 224 g/mol. The average Bonchev–Trinajstić information content (AvgIpc) is 2.24. The number of nitrogens with one attached hydrogen (secondary N) is 2. The smallest absolute Gasteiger partial charge is 0.320 e. The number of rotatable bonds is 6. The zero-order chi connectivity index (χ0) is 14.0. The van der Waals surface area contributed by atoms with Crippen LogP contribution in [0.5, 0.6) is 0 Å². The molecule has 102 valence electrons. The molecule has 0 radical (unpaired) electrons. The van der Waals surface area contributed by atoms with E-state index < -0.39 is 18.0 Å². The van der Waals surface area contributed by atoms with E-state index in [1.165, 1.54) is 0 Å². The van der Waals surface area contributed by atoms with Gasteiger partial charge in [0.15, 0.2) is 0 Å². The highest BCUT2D eigenvalue weighted by molar-refractivity contribution is 5.73. The van der Waals surface area contributed by atoms with Crippen LogP contribution in [0.1, 0.15) is 27.2 Å². The van der Waals surface area contributed by atoms with E-state index in [1.807, 2.05) is 13.8 Å². The molecule has 0 heterocycles. The Bertz CT molecular complexity index is 232. The summed E-state index contributed by atoms with van der Waals surface area (Å²) < 4.78 is 0. The number of hydrogen-bond donors (Lipinski definition) is 4. The van der Waals surface area contributed by atoms with Gasteiger partial charge in [0.1, 0.15) is 12.1 Å². The van der Waals surface area contributed by atoms with Crippen LogP contribution >= 0.6 is 0 Å². The first-order chi connectivity index (χ1) is 7.76. The number of likely N-dealkylation sites (N-methyl/N-ethyl adjacent to an activating group) is 2. The summed E-state index contributed by atoms with van der Waals surface area (Å²) in [5.41, 5.74) is 0. The molecule has 0 unspecified atom stereocenters. The fourth-order valence-electron chi connectivity index (χ4n) is 0.937. The first kappa shape index (κ1) is 18.2. The van der Waals surface area contributed by atoms with Crippen molar-refractivity contribution >= 4 is 11.9 Å². The van der Waals surface area contributed by atoms with E-state index in [1.54, 1.807) is 21.0 Å². The fourth-order valence-corrected chi connectivity index (χ4v) is 0.937. The zero-order valence-corrected chi connectivity index (χ0v) is 11.2. The second-order valence-corrected chi connectivity index (χ2v) is 4.16. The molecule has 4 N–H and O–H groups in total. The Balaban J connectivity index is 0. The van der Waals surface area contributed by atoms with Crippen molar-refractivity contribution in [3.8, 4) is 0 Å². The number of carboxylic acids is 2. The van der Waals surface area contributed by atoms with Gasteiger partial charge in [0, 0.05) is 0 Å². The Hall–Kier alpha value is -1.14. The first-order valence-corrected chi connectivity index (χ1v) is 5.56. The molecule has 0 spiro atoms. The zero-order valence-electron chi connectivity index (χ0n) is 11.2. The Kier molecular flexibility index (Phi) is 10.8. The van der Waals surface area contributed by atoms with Crippen molar-refractivity contribution in [3.63, 3.8) is 0 Å². The lowest BCUT2D eigenvalue weighted by Gasteiger charge is -2.12. The van der Waals surface area contributed by atoms with Crippen molar-refractivity contribution in [3.05, 3.63) is 0 Å². The Morgan fingerprint density at radius 1 is 1.00 bits per heavy atom. The summed E-state index contributed by atoms with van der Waals surface area (Å²) in [6.07, 6.45) is 0.686. The van der Waals surface area contributed by atoms with Crippen LogP contribution in [0.4, 0.5) is 0 Å². The lowest BCUT2D eigenvalue weighted by atomic mass is 10.0. The summed E-state index contributed by atoms with van der Waals surface area (Å²) in [7, 11) is 3.28. The van der Waals surface area contributed by atoms with Crippen LogP contribution in [-0.2, 0) is 9.59 Å². The number of carboxylic acid groups (broad SMARTS) is 2. The lowest BCUT2D eigenvalue weighted by molar-refractivity contribution is -0.140. The van der Waals surface area contributed by atoms with E-state index in [-0.39, 0.29) is 6.04 Å². The van der Waals surface area contributed by atoms with E-state index in [9.17, 15) is 9.59 Å². The van der Waals surface area contributed by atoms with Gasteiger partial charge in [-0.15, -0.1) is 0 Å². The molecule has 17 heavy (non-hydrogen) atoms. The van der Waals surface area contributed by atoms with Crippen LogP contribution < -0.4 is 10.6 Å². The summed E-state index contributed by atoms with van der Waals surface area (Å²) in [5, 5.41) is 22.0. The Labute approximate surface area is 102 Å². The topological polar surface area (TPSA) is 98.7 Å². The minimum atomic E-state index is -0.817. The molecule has 0 aliphatic rings. The lowest BCUT2D eigenvalue weighted by Crippen LogP contribution is -2.34. The molecule has 0 fully saturated rings. The minimum absolute atomic E-state index is 0.389. The van der Waals surface area contributed by atoms with Gasteiger partial charge in [-0.3, -0.25) is 9.59 Å². The number of carbonyl (C=O) groups is 2. The van der Waals surface area contributed by atoms with Gasteiger partial charge in [-0.2, -0.15) is 0 Å². The summed E-state index contributed by atoms with van der Waals surface area (Å²) in [6, 6.07) is -0.819. The van der Waals surface area contributed by atoms with Crippen molar-refractivity contribution in [2.45, 2.75) is 39.3 Å². The van der Waals surface area contributed by atoms with Gasteiger partial charge in [0.25, 0.3) is 0 Å². The molecule has 6 heteroatoms. The third kappa shape index (κ3) is 11.1. The highest BCUT2D eigenvalue weighted by Crippen LogP contribution is 2.03. The molecule has 6 nitrogen and oxygen atoms in total. The van der Waals surface area contributed by atoms with Crippen LogP contribution in [0.15, 0.2) is 0 Å². The first-order valence-electron chi connectivity index (χ1n) is 5.56. The fraction of sp³-hybridized carbons (Fsp3) is 0.818. The summed E-state index contributed by atoms with van der Waals surface area (Å²) in [6.45, 7) is 5.60. The molecule has 0 amide bonds. The average molecular weight is 248 g/mol. The quantitative estimate of drug-likeness (QED) is 0.542. The molecule has 0 aromatic heterocycles. The minimum Gasteiger partial charge on any atom is -0.480 e. The normalized spacial score (nSPS) is 13.5. The number of aliphatic carboxylic acids is 2. The van der Waals surface area contributed by atoms with Crippen LogP contribution in [0.2, 0.25) is 0 Å². The maximum atomic E-state index is 10.4. The maximum absolute atomic E-state index is 10.4. The molecule has 0 aromatic carbocycles. The predicted molar refractivity (Wildman–Crippen MR) is 66.1 cm³/mol. The van der Waals surface area contributed by atoms with E-state index in [0.717, 1.165) is 0 Å². The highest BCUT2D eigenvalue weighted by Gasteiger charge is 2.15. The molecule has 0 aliphatic heterocycles. The highest BCUT2D eigenvalue weighted by atomic mass is 16.4. The van der Waals surface area contributed by atoms with Crippen LogP contribution in [0, 0.1) is 5.92 Å². The number of hydrogen-bond acceptors (Lipinski definition) is 4. The molecule has 0 aromatic rings. The van der Waals surface area contributed by atoms with Crippen molar-refractivity contribution in [1.29, 1.82) is 0 Å². The predicted octanol–water partition coefficient (Wildman–Crippen LogP) is 0.384. The maximum Gasteiger partial charge on any atom is 0.320 e. The molecule has 0 aliphatic carbocycles. The summed E-state index contributed by atoms with van der Waals surface area (Å²) in [4.78, 5) is 20.3. The standard InChI is InChI=1S/C7H15NO2.C4H9NO2/c1-5(2)4-6(8-3)7(9)10;1-3(5-2)4(6)7/h5-6,8H,4H2,1-3H3,(H,9,10);3,5H,1-2H3,(H,6,7)/t6-;3-/m01/s1. The van der Waals surface area contributed by atoms with Gasteiger partial charge in [0.2, 0.25) is 0 Å². The van der Waals surface area contributed by atoms with Gasteiger partial charge >= 0.3 is 11.9 Å². The van der Waals surface area contributed by atoms with Gasteiger partial charge in [-0.05, 0) is 33.4 Å². The second kappa shape index (κ2) is 10.0. The van der Waals surface area contributed by atoms with Crippen molar-refractivity contribution in [2.24, 2.45) is 5.92 Å². The monoisotopic (exact) mass is 248 g/mol. The molecule has 0 saturated carbocycles. The third-order valence-corrected chi connectivity index (χ3v) is 2.16. The molecule has 0 rings (SSSR count). The third-order valence-electron chi connectivity index (χ3n) is 2.16. The molecular formula is C11H24N2O4. The van der Waals surface area contributed by atoms with Gasteiger partial charge in [-0.25, -0.2) is 0 Å². The summed E-state index contributed by atoms with van der Waals surface area (Å²) in [5.74, 6) is -1.16. The van der Waals surface area contributed by atoms with Gasteiger partial charge < -0.3 is 20.8 Å². The van der Waals surface area contributed by atoms with Crippen LogP contribution in [0.25, 0.3) is 0 Å². The van der Waals surface area contributed by atoms with Gasteiger partial charge in [0.05, 0.1) is 0 Å². The van der Waals surface area contributed by atoms with E-state index in [0.29, 0.717) is 12.3 Å². The molecule has 2 atom stereocenters. The van der Waals surface area contributed by atoms with E-state index in [4.69, 9.17) is 10.2 Å². The Morgan fingerprint density at radius 3 is 1.53 bits per heavy atom. The van der Waals surface area contributed by atoms with Crippen molar-refractivity contribution in [1.82, 2.24) is 10.6 Å². The molecule has 0 bridgehead atoms. The van der Waals surface area contributed by atoms with Crippen molar-refractivity contribution in [2.75, 3.05) is 14.1 Å². The van der Waals surface area contributed by atoms with Gasteiger partial charge in [-0.1, -0.05) is 13.8 Å². The van der Waals surface area contributed by atoms with Crippen LogP contribution in [0.3, 0.4) is 0 Å². The van der Waals surface area contributed by atoms with E-state index >= 15 is 0 Å².